The number of hydrogen-bond acceptors (Lipinski definition) is 3. The van der Waals surface area contributed by atoms with Crippen LogP contribution in [0.5, 0.6) is 0 Å². The van der Waals surface area contributed by atoms with E-state index >= 15 is 0 Å². The van der Waals surface area contributed by atoms with Crippen LogP contribution in [-0.2, 0) is 4.79 Å². The first-order chi connectivity index (χ1) is 6.87. The van der Waals surface area contributed by atoms with Gasteiger partial charge in [0.25, 0.3) is 0 Å². The van der Waals surface area contributed by atoms with Gasteiger partial charge in [-0.1, -0.05) is 29.8 Å². The Morgan fingerprint density at radius 3 is 2.47 bits per heavy atom. The van der Waals surface area contributed by atoms with Crippen LogP contribution in [0.3, 0.4) is 0 Å². The van der Waals surface area contributed by atoms with Crippen LogP contribution in [0.1, 0.15) is 18.6 Å². The fourth-order valence-corrected chi connectivity index (χ4v) is 1.36. The van der Waals surface area contributed by atoms with Crippen LogP contribution in [0, 0.1) is 0 Å². The Morgan fingerprint density at radius 2 is 2.00 bits per heavy atom. The summed E-state index contributed by atoms with van der Waals surface area (Å²) in [6.45, 7) is 1.02. The van der Waals surface area contributed by atoms with Crippen LogP contribution in [0.4, 0.5) is 0 Å². The van der Waals surface area contributed by atoms with Gasteiger partial charge in [0, 0.05) is 10.6 Å². The molecule has 0 aliphatic rings. The zero-order valence-corrected chi connectivity index (χ0v) is 8.77. The van der Waals surface area contributed by atoms with Crippen LogP contribution in [0.15, 0.2) is 24.3 Å². The molecule has 0 amide bonds. The molecule has 1 aromatic rings. The summed E-state index contributed by atoms with van der Waals surface area (Å²) in [6.07, 6.45) is -1.57. The molecule has 0 fully saturated rings. The summed E-state index contributed by atoms with van der Waals surface area (Å²) >= 11 is 5.77. The van der Waals surface area contributed by atoms with Crippen molar-refractivity contribution in [3.8, 4) is 0 Å². The van der Waals surface area contributed by atoms with Crippen LogP contribution in [0.25, 0.3) is 0 Å². The highest BCUT2D eigenvalue weighted by Crippen LogP contribution is 2.30. The molecule has 4 nitrogen and oxygen atoms in total. The van der Waals surface area contributed by atoms with E-state index in [0.717, 1.165) is 6.92 Å². The first-order valence-corrected chi connectivity index (χ1v) is 4.63. The lowest BCUT2D eigenvalue weighted by molar-refractivity contribution is -0.169. The molecule has 2 atom stereocenters. The minimum Gasteiger partial charge on any atom is -0.479 e. The molecular formula is C10H11ClO4. The largest absolute Gasteiger partial charge is 0.479 e. The number of benzene rings is 1. The van der Waals surface area contributed by atoms with Crippen molar-refractivity contribution < 1.29 is 20.1 Å². The third kappa shape index (κ3) is 2.28. The van der Waals surface area contributed by atoms with Gasteiger partial charge in [-0.25, -0.2) is 4.79 Å². The highest BCUT2D eigenvalue weighted by Gasteiger charge is 2.40. The van der Waals surface area contributed by atoms with Gasteiger partial charge in [0.2, 0.25) is 0 Å². The van der Waals surface area contributed by atoms with E-state index in [1.165, 1.54) is 12.1 Å². The van der Waals surface area contributed by atoms with Crippen molar-refractivity contribution in [1.82, 2.24) is 0 Å². The Kier molecular flexibility index (Phi) is 3.34. The maximum atomic E-state index is 10.7. The van der Waals surface area contributed by atoms with Gasteiger partial charge in [-0.2, -0.15) is 0 Å². The summed E-state index contributed by atoms with van der Waals surface area (Å²) in [4.78, 5) is 10.7. The minimum absolute atomic E-state index is 0.187. The Labute approximate surface area is 91.7 Å². The molecule has 0 spiro atoms. The number of aliphatic carboxylic acids is 1. The zero-order valence-electron chi connectivity index (χ0n) is 8.01. The van der Waals surface area contributed by atoms with Crippen molar-refractivity contribution in [3.05, 3.63) is 34.9 Å². The molecule has 0 saturated heterocycles. The molecule has 5 heteroatoms. The van der Waals surface area contributed by atoms with E-state index in [1.807, 2.05) is 0 Å². The summed E-state index contributed by atoms with van der Waals surface area (Å²) in [6, 6.07) is 6.22. The van der Waals surface area contributed by atoms with Gasteiger partial charge >= 0.3 is 5.97 Å². The molecule has 0 radical (unpaired) electrons. The number of halogens is 1. The van der Waals surface area contributed by atoms with Gasteiger partial charge in [-0.3, -0.25) is 0 Å². The fraction of sp³-hybridized carbons (Fsp3) is 0.300. The first kappa shape index (κ1) is 12.0. The van der Waals surface area contributed by atoms with E-state index in [-0.39, 0.29) is 10.6 Å². The number of aliphatic hydroxyl groups is 2. The van der Waals surface area contributed by atoms with Crippen molar-refractivity contribution in [2.24, 2.45) is 0 Å². The van der Waals surface area contributed by atoms with Crippen LogP contribution >= 0.6 is 11.6 Å². The van der Waals surface area contributed by atoms with Gasteiger partial charge < -0.3 is 15.3 Å². The Hall–Kier alpha value is -1.10. The molecule has 0 heterocycles. The Balaban J connectivity index is 3.10. The topological polar surface area (TPSA) is 77.8 Å². The number of carboxylic acids is 1. The lowest BCUT2D eigenvalue weighted by Crippen LogP contribution is -2.41. The summed E-state index contributed by atoms with van der Waals surface area (Å²) in [5.74, 6) is -1.50. The molecule has 1 rings (SSSR count). The number of hydrogen-bond donors (Lipinski definition) is 3. The molecular weight excluding hydrogens is 220 g/mol. The normalized spacial score (nSPS) is 16.8. The van der Waals surface area contributed by atoms with Crippen molar-refractivity contribution in [3.63, 3.8) is 0 Å². The standard InChI is InChI=1S/C10H11ClO4/c1-10(15,9(13)14)8(12)6-4-2-3-5-7(6)11/h2-5,8,12,15H,1H3,(H,13,14)/t8-,10?/m1/s1. The summed E-state index contributed by atoms with van der Waals surface area (Å²) < 4.78 is 0. The van der Waals surface area contributed by atoms with Crippen molar-refractivity contribution in [2.75, 3.05) is 0 Å². The molecule has 82 valence electrons. The first-order valence-electron chi connectivity index (χ1n) is 4.25. The second-order valence-electron chi connectivity index (χ2n) is 3.38. The van der Waals surface area contributed by atoms with E-state index < -0.39 is 17.7 Å². The van der Waals surface area contributed by atoms with Gasteiger partial charge in [0.1, 0.15) is 6.10 Å². The van der Waals surface area contributed by atoms with Gasteiger partial charge in [-0.05, 0) is 13.0 Å². The highest BCUT2D eigenvalue weighted by molar-refractivity contribution is 6.31. The number of carboxylic acid groups (broad SMARTS) is 1. The molecule has 0 aromatic heterocycles. The van der Waals surface area contributed by atoms with Gasteiger partial charge in [-0.15, -0.1) is 0 Å². The maximum Gasteiger partial charge on any atom is 0.338 e. The van der Waals surface area contributed by atoms with Gasteiger partial charge in [0.15, 0.2) is 5.60 Å². The molecule has 0 aliphatic heterocycles. The number of rotatable bonds is 3. The Morgan fingerprint density at radius 1 is 1.47 bits per heavy atom. The minimum atomic E-state index is -2.26. The maximum absolute atomic E-state index is 10.7. The van der Waals surface area contributed by atoms with Gasteiger partial charge in [0.05, 0.1) is 0 Å². The van der Waals surface area contributed by atoms with Crippen LogP contribution in [0.2, 0.25) is 5.02 Å². The summed E-state index contributed by atoms with van der Waals surface area (Å²) in [5.41, 5.74) is -2.07. The van der Waals surface area contributed by atoms with E-state index in [1.54, 1.807) is 12.1 Å². The second-order valence-corrected chi connectivity index (χ2v) is 3.78. The average molecular weight is 231 g/mol. The molecule has 3 N–H and O–H groups in total. The fourth-order valence-electron chi connectivity index (χ4n) is 1.12. The van der Waals surface area contributed by atoms with Crippen molar-refractivity contribution >= 4 is 17.6 Å². The molecule has 0 aliphatic carbocycles. The quantitative estimate of drug-likeness (QED) is 0.729. The second kappa shape index (κ2) is 4.18. The lowest BCUT2D eigenvalue weighted by Gasteiger charge is -2.25. The predicted octanol–water partition coefficient (Wildman–Crippen LogP) is 1.21. The molecule has 1 unspecified atom stereocenters. The SMILES string of the molecule is CC(O)(C(=O)O)[C@H](O)c1ccccc1Cl. The summed E-state index contributed by atoms with van der Waals surface area (Å²) in [7, 11) is 0. The third-order valence-corrected chi connectivity index (χ3v) is 2.51. The number of carbonyl (C=O) groups is 1. The zero-order chi connectivity index (χ0) is 11.6. The van der Waals surface area contributed by atoms with E-state index in [9.17, 15) is 15.0 Å². The molecule has 15 heavy (non-hydrogen) atoms. The van der Waals surface area contributed by atoms with Crippen LogP contribution in [-0.4, -0.2) is 26.9 Å². The van der Waals surface area contributed by atoms with Crippen LogP contribution < -0.4 is 0 Å². The Bertz CT molecular complexity index is 375. The molecule has 0 saturated carbocycles. The highest BCUT2D eigenvalue weighted by atomic mass is 35.5. The van der Waals surface area contributed by atoms with E-state index in [2.05, 4.69) is 0 Å². The third-order valence-electron chi connectivity index (χ3n) is 2.17. The van der Waals surface area contributed by atoms with E-state index in [0.29, 0.717) is 0 Å². The average Bonchev–Trinajstić information content (AvgIpc) is 2.17. The van der Waals surface area contributed by atoms with Crippen molar-refractivity contribution in [2.45, 2.75) is 18.6 Å². The predicted molar refractivity (Wildman–Crippen MR) is 54.7 cm³/mol. The van der Waals surface area contributed by atoms with E-state index in [4.69, 9.17) is 16.7 Å². The monoisotopic (exact) mass is 230 g/mol. The summed E-state index contributed by atoms with van der Waals surface area (Å²) in [5, 5.41) is 28.1. The lowest BCUT2D eigenvalue weighted by atomic mass is 9.93. The molecule has 1 aromatic carbocycles. The number of aliphatic hydroxyl groups excluding tert-OH is 1. The molecule has 0 bridgehead atoms. The smallest absolute Gasteiger partial charge is 0.338 e. The van der Waals surface area contributed by atoms with Crippen molar-refractivity contribution in [1.29, 1.82) is 0 Å².